The summed E-state index contributed by atoms with van der Waals surface area (Å²) in [7, 11) is 0. The van der Waals surface area contributed by atoms with Gasteiger partial charge in [0.15, 0.2) is 18.1 Å². The van der Waals surface area contributed by atoms with Gasteiger partial charge in [-0.2, -0.15) is 0 Å². The average molecular weight is 401 g/mol. The molecule has 1 aliphatic rings. The maximum absolute atomic E-state index is 13.4. The van der Waals surface area contributed by atoms with Crippen LogP contribution in [0.4, 0.5) is 4.39 Å². The second-order valence-electron chi connectivity index (χ2n) is 6.49. The number of ketones is 1. The second-order valence-corrected chi connectivity index (χ2v) is 6.49. The van der Waals surface area contributed by atoms with Gasteiger partial charge >= 0.3 is 5.97 Å². The molecule has 30 heavy (non-hydrogen) atoms. The van der Waals surface area contributed by atoms with Gasteiger partial charge in [0, 0.05) is 11.1 Å². The molecule has 0 radical (unpaired) electrons. The van der Waals surface area contributed by atoms with Crippen LogP contribution in [0.2, 0.25) is 0 Å². The number of Topliss-reactive ketones (excluding diaryl/α,β-unsaturated/α-hetero) is 1. The maximum atomic E-state index is 13.4. The molecule has 0 spiro atoms. The lowest BCUT2D eigenvalue weighted by Crippen LogP contribution is -2.11. The van der Waals surface area contributed by atoms with Crippen molar-refractivity contribution >= 4 is 23.7 Å². The highest BCUT2D eigenvalue weighted by molar-refractivity contribution is 6.12. The van der Waals surface area contributed by atoms with E-state index in [0.29, 0.717) is 22.4 Å². The lowest BCUT2D eigenvalue weighted by Gasteiger charge is -2.06. The Balaban J connectivity index is 1.43. The number of halogens is 1. The van der Waals surface area contributed by atoms with Crippen molar-refractivity contribution in [1.82, 2.24) is 0 Å². The van der Waals surface area contributed by atoms with E-state index >= 15 is 0 Å². The van der Waals surface area contributed by atoms with E-state index in [1.165, 1.54) is 18.2 Å². The van der Waals surface area contributed by atoms with Crippen molar-refractivity contribution < 1.29 is 23.5 Å². The van der Waals surface area contributed by atoms with Gasteiger partial charge in [-0.1, -0.05) is 48.5 Å². The van der Waals surface area contributed by atoms with Crippen molar-refractivity contribution in [3.8, 4) is 5.75 Å². The summed E-state index contributed by atoms with van der Waals surface area (Å²) in [6.45, 7) is -0.0714. The summed E-state index contributed by atoms with van der Waals surface area (Å²) < 4.78 is 24.0. The smallest absolute Gasteiger partial charge is 0.363 e. The SMILES string of the molecule is O=C1OC(c2cccc(F)c2)=N/C1=C\c1ccc(OCC(=O)c2ccccc2)cc1. The van der Waals surface area contributed by atoms with E-state index in [2.05, 4.69) is 4.99 Å². The van der Waals surface area contributed by atoms with Gasteiger partial charge in [-0.05, 0) is 42.0 Å². The first-order valence-electron chi connectivity index (χ1n) is 9.18. The number of aliphatic imine (C=N–C) groups is 1. The number of ether oxygens (including phenoxy) is 2. The summed E-state index contributed by atoms with van der Waals surface area (Å²) in [5, 5.41) is 0. The molecule has 0 bridgehead atoms. The van der Waals surface area contributed by atoms with E-state index in [4.69, 9.17) is 9.47 Å². The Hall–Kier alpha value is -4.06. The van der Waals surface area contributed by atoms with Gasteiger partial charge < -0.3 is 9.47 Å². The molecule has 148 valence electrons. The van der Waals surface area contributed by atoms with Crippen LogP contribution in [-0.2, 0) is 9.53 Å². The van der Waals surface area contributed by atoms with Gasteiger partial charge in [0.1, 0.15) is 11.6 Å². The Morgan fingerprint density at radius 2 is 1.77 bits per heavy atom. The summed E-state index contributed by atoms with van der Waals surface area (Å²) in [6.07, 6.45) is 1.56. The van der Waals surface area contributed by atoms with E-state index < -0.39 is 11.8 Å². The van der Waals surface area contributed by atoms with Crippen LogP contribution < -0.4 is 4.74 Å². The van der Waals surface area contributed by atoms with E-state index in [-0.39, 0.29) is 24.0 Å². The fourth-order valence-corrected chi connectivity index (χ4v) is 2.83. The van der Waals surface area contributed by atoms with Crippen molar-refractivity contribution in [1.29, 1.82) is 0 Å². The van der Waals surface area contributed by atoms with Crippen LogP contribution in [0.15, 0.2) is 89.6 Å². The van der Waals surface area contributed by atoms with Crippen molar-refractivity contribution in [2.45, 2.75) is 0 Å². The molecule has 1 aliphatic heterocycles. The van der Waals surface area contributed by atoms with Crippen molar-refractivity contribution in [2.24, 2.45) is 4.99 Å². The second kappa shape index (κ2) is 8.53. The Bertz CT molecular complexity index is 1150. The molecule has 0 atom stereocenters. The van der Waals surface area contributed by atoms with Crippen LogP contribution in [-0.4, -0.2) is 24.3 Å². The van der Waals surface area contributed by atoms with E-state index in [0.717, 1.165) is 0 Å². The monoisotopic (exact) mass is 401 g/mol. The zero-order chi connectivity index (χ0) is 20.9. The minimum Gasteiger partial charge on any atom is -0.485 e. The normalized spacial score (nSPS) is 14.4. The van der Waals surface area contributed by atoms with E-state index in [1.807, 2.05) is 6.07 Å². The molecule has 0 aromatic heterocycles. The highest BCUT2D eigenvalue weighted by atomic mass is 19.1. The number of hydrogen-bond acceptors (Lipinski definition) is 5. The highest BCUT2D eigenvalue weighted by Gasteiger charge is 2.24. The van der Waals surface area contributed by atoms with Crippen LogP contribution >= 0.6 is 0 Å². The molecular weight excluding hydrogens is 385 g/mol. The van der Waals surface area contributed by atoms with Gasteiger partial charge in [-0.3, -0.25) is 4.79 Å². The zero-order valence-electron chi connectivity index (χ0n) is 15.7. The van der Waals surface area contributed by atoms with Crippen LogP contribution in [0.1, 0.15) is 21.5 Å². The number of benzene rings is 3. The first-order valence-corrected chi connectivity index (χ1v) is 9.18. The van der Waals surface area contributed by atoms with Gasteiger partial charge in [-0.25, -0.2) is 14.2 Å². The number of nitrogens with zero attached hydrogens (tertiary/aromatic N) is 1. The summed E-state index contributed by atoms with van der Waals surface area (Å²) in [6, 6.07) is 21.5. The van der Waals surface area contributed by atoms with Crippen molar-refractivity contribution in [3.63, 3.8) is 0 Å². The number of hydrogen-bond donors (Lipinski definition) is 0. The average Bonchev–Trinajstić information content (AvgIpc) is 3.14. The third-order valence-electron chi connectivity index (χ3n) is 4.34. The molecule has 1 heterocycles. The van der Waals surface area contributed by atoms with E-state index in [9.17, 15) is 14.0 Å². The van der Waals surface area contributed by atoms with E-state index in [1.54, 1.807) is 60.7 Å². The molecule has 0 amide bonds. The lowest BCUT2D eigenvalue weighted by molar-refractivity contribution is -0.129. The third-order valence-corrected chi connectivity index (χ3v) is 4.34. The van der Waals surface area contributed by atoms with Crippen LogP contribution in [0, 0.1) is 5.82 Å². The highest BCUT2D eigenvalue weighted by Crippen LogP contribution is 2.21. The summed E-state index contributed by atoms with van der Waals surface area (Å²) in [5.41, 5.74) is 1.79. The molecular formula is C24H16FNO4. The molecule has 0 unspecified atom stereocenters. The fraction of sp³-hybridized carbons (Fsp3) is 0.0417. The third kappa shape index (κ3) is 4.50. The molecule has 6 heteroatoms. The number of carbonyl (C=O) groups is 2. The number of cyclic esters (lactones) is 1. The first-order chi connectivity index (χ1) is 14.6. The summed E-state index contributed by atoms with van der Waals surface area (Å²) in [4.78, 5) is 28.3. The van der Waals surface area contributed by atoms with Gasteiger partial charge in [0.25, 0.3) is 0 Å². The molecule has 0 fully saturated rings. The number of esters is 1. The van der Waals surface area contributed by atoms with Crippen molar-refractivity contribution in [2.75, 3.05) is 6.61 Å². The molecule has 3 aromatic carbocycles. The largest absolute Gasteiger partial charge is 0.485 e. The Labute approximate surface area is 172 Å². The molecule has 0 saturated carbocycles. The molecule has 5 nitrogen and oxygen atoms in total. The van der Waals surface area contributed by atoms with Gasteiger partial charge in [0.2, 0.25) is 5.90 Å². The topological polar surface area (TPSA) is 65.0 Å². The predicted octanol–water partition coefficient (Wildman–Crippen LogP) is 4.43. The minimum atomic E-state index is -0.608. The fourth-order valence-electron chi connectivity index (χ4n) is 2.83. The van der Waals surface area contributed by atoms with Crippen molar-refractivity contribution in [3.05, 3.63) is 107 Å². The standard InChI is InChI=1S/C24H16FNO4/c25-19-8-4-7-18(14-19)23-26-21(24(28)30-23)13-16-9-11-20(12-10-16)29-15-22(27)17-5-2-1-3-6-17/h1-14H,15H2/b21-13-. The number of rotatable bonds is 6. The zero-order valence-corrected chi connectivity index (χ0v) is 15.7. The molecule has 0 saturated heterocycles. The molecule has 4 rings (SSSR count). The maximum Gasteiger partial charge on any atom is 0.363 e. The molecule has 0 N–H and O–H groups in total. The van der Waals surface area contributed by atoms with Gasteiger partial charge in [0.05, 0.1) is 0 Å². The predicted molar refractivity (Wildman–Crippen MR) is 110 cm³/mol. The number of carbonyl (C=O) groups excluding carboxylic acids is 2. The first kappa shape index (κ1) is 19.3. The Kier molecular flexibility index (Phi) is 5.48. The Morgan fingerprint density at radius 3 is 2.50 bits per heavy atom. The molecule has 3 aromatic rings. The van der Waals surface area contributed by atoms with Crippen LogP contribution in [0.25, 0.3) is 6.08 Å². The quantitative estimate of drug-likeness (QED) is 0.348. The Morgan fingerprint density at radius 1 is 1.00 bits per heavy atom. The molecule has 0 aliphatic carbocycles. The minimum absolute atomic E-state index is 0.0603. The summed E-state index contributed by atoms with van der Waals surface area (Å²) in [5.74, 6) is -0.577. The summed E-state index contributed by atoms with van der Waals surface area (Å²) >= 11 is 0. The van der Waals surface area contributed by atoms with Gasteiger partial charge in [-0.15, -0.1) is 0 Å². The lowest BCUT2D eigenvalue weighted by atomic mass is 10.1. The van der Waals surface area contributed by atoms with Crippen LogP contribution in [0.3, 0.4) is 0 Å². The van der Waals surface area contributed by atoms with Crippen LogP contribution in [0.5, 0.6) is 5.75 Å².